The second-order valence-electron chi connectivity index (χ2n) is 4.06. The monoisotopic (exact) mass is 314 g/mol. The first kappa shape index (κ1) is 13.1. The van der Waals surface area contributed by atoms with E-state index in [2.05, 4.69) is 15.9 Å². The van der Waals surface area contributed by atoms with Crippen LogP contribution in [0, 0.1) is 24.4 Å². The van der Waals surface area contributed by atoms with Crippen LogP contribution in [-0.2, 0) is 0 Å². The Balaban J connectivity index is 2.49. The summed E-state index contributed by atoms with van der Waals surface area (Å²) in [5.41, 5.74) is 1.53. The van der Waals surface area contributed by atoms with Gasteiger partial charge in [-0.2, -0.15) is 0 Å². The predicted molar refractivity (Wildman–Crippen MR) is 68.3 cm³/mol. The third-order valence-corrected chi connectivity index (χ3v) is 3.62. The molecule has 1 unspecified atom stereocenters. The molecule has 0 bridgehead atoms. The average molecular weight is 315 g/mol. The molecule has 0 saturated carbocycles. The van der Waals surface area contributed by atoms with Gasteiger partial charge in [-0.15, -0.1) is 0 Å². The van der Waals surface area contributed by atoms with Gasteiger partial charge in [0.15, 0.2) is 0 Å². The molecule has 0 fully saturated rings. The molecule has 0 aliphatic carbocycles. The van der Waals surface area contributed by atoms with E-state index in [9.17, 15) is 13.2 Å². The van der Waals surface area contributed by atoms with Crippen molar-refractivity contribution in [3.8, 4) is 0 Å². The Kier molecular flexibility index (Phi) is 3.76. The van der Waals surface area contributed by atoms with Gasteiger partial charge in [-0.25, -0.2) is 13.2 Å². The third kappa shape index (κ3) is 2.58. The van der Waals surface area contributed by atoms with Gasteiger partial charge in [-0.1, -0.05) is 45.8 Å². The van der Waals surface area contributed by atoms with Crippen molar-refractivity contribution in [3.05, 3.63) is 70.5 Å². The first-order valence-electron chi connectivity index (χ1n) is 5.34. The Morgan fingerprint density at radius 3 is 2.17 bits per heavy atom. The van der Waals surface area contributed by atoms with Crippen LogP contribution < -0.4 is 0 Å². The van der Waals surface area contributed by atoms with Crippen LogP contribution in [0.15, 0.2) is 36.4 Å². The Morgan fingerprint density at radius 2 is 1.61 bits per heavy atom. The smallest absolute Gasteiger partial charge is 0.133 e. The minimum atomic E-state index is -0.919. The fourth-order valence-electron chi connectivity index (χ4n) is 1.79. The molecular formula is C14H10BrF3. The Bertz CT molecular complexity index is 558. The van der Waals surface area contributed by atoms with Crippen LogP contribution in [0.4, 0.5) is 13.2 Å². The van der Waals surface area contributed by atoms with Crippen molar-refractivity contribution in [3.63, 3.8) is 0 Å². The normalized spacial score (nSPS) is 12.5. The van der Waals surface area contributed by atoms with Gasteiger partial charge >= 0.3 is 0 Å². The zero-order chi connectivity index (χ0) is 13.3. The van der Waals surface area contributed by atoms with Crippen LogP contribution in [-0.4, -0.2) is 0 Å². The van der Waals surface area contributed by atoms with Crippen LogP contribution in [0.3, 0.4) is 0 Å². The number of aryl methyl sites for hydroxylation is 1. The number of rotatable bonds is 2. The number of hydrogen-bond acceptors (Lipinski definition) is 0. The molecule has 0 saturated heterocycles. The predicted octanol–water partition coefficient (Wildman–Crippen LogP) is 4.90. The Hall–Kier alpha value is -1.29. The van der Waals surface area contributed by atoms with Crippen molar-refractivity contribution in [2.75, 3.05) is 0 Å². The molecule has 0 amide bonds. The van der Waals surface area contributed by atoms with E-state index >= 15 is 0 Å². The number of alkyl halides is 1. The molecule has 0 nitrogen and oxygen atoms in total. The summed E-state index contributed by atoms with van der Waals surface area (Å²) >= 11 is 3.25. The van der Waals surface area contributed by atoms with Crippen molar-refractivity contribution in [2.45, 2.75) is 11.8 Å². The van der Waals surface area contributed by atoms with Crippen LogP contribution in [0.25, 0.3) is 0 Å². The first-order valence-corrected chi connectivity index (χ1v) is 6.25. The fourth-order valence-corrected chi connectivity index (χ4v) is 2.51. The van der Waals surface area contributed by atoms with Gasteiger partial charge in [0, 0.05) is 17.7 Å². The van der Waals surface area contributed by atoms with E-state index in [1.807, 2.05) is 19.1 Å². The van der Waals surface area contributed by atoms with Gasteiger partial charge < -0.3 is 0 Å². The highest BCUT2D eigenvalue weighted by Gasteiger charge is 2.20. The number of benzene rings is 2. The van der Waals surface area contributed by atoms with Crippen LogP contribution in [0.1, 0.15) is 21.5 Å². The summed E-state index contributed by atoms with van der Waals surface area (Å²) in [4.78, 5) is -0.641. The van der Waals surface area contributed by atoms with Gasteiger partial charge in [0.25, 0.3) is 0 Å². The van der Waals surface area contributed by atoms with E-state index < -0.39 is 22.3 Å². The zero-order valence-electron chi connectivity index (χ0n) is 9.55. The van der Waals surface area contributed by atoms with E-state index in [0.717, 1.165) is 11.1 Å². The maximum atomic E-state index is 13.6. The molecule has 18 heavy (non-hydrogen) atoms. The van der Waals surface area contributed by atoms with Crippen molar-refractivity contribution in [1.29, 1.82) is 0 Å². The summed E-state index contributed by atoms with van der Waals surface area (Å²) in [5, 5.41) is 0. The SMILES string of the molecule is Cc1cccc(C(Br)c2c(F)cc(F)cc2F)c1. The van der Waals surface area contributed by atoms with E-state index in [0.29, 0.717) is 12.1 Å². The van der Waals surface area contributed by atoms with Crippen molar-refractivity contribution in [1.82, 2.24) is 0 Å². The summed E-state index contributed by atoms with van der Waals surface area (Å²) in [6.07, 6.45) is 0. The summed E-state index contributed by atoms with van der Waals surface area (Å²) < 4.78 is 40.1. The van der Waals surface area contributed by atoms with Crippen molar-refractivity contribution in [2.24, 2.45) is 0 Å². The molecule has 0 aliphatic rings. The van der Waals surface area contributed by atoms with Crippen LogP contribution >= 0.6 is 15.9 Å². The topological polar surface area (TPSA) is 0 Å². The first-order chi connectivity index (χ1) is 8.49. The molecule has 4 heteroatoms. The van der Waals surface area contributed by atoms with Gasteiger partial charge in [0.2, 0.25) is 0 Å². The highest BCUT2D eigenvalue weighted by molar-refractivity contribution is 9.09. The molecule has 0 spiro atoms. The second kappa shape index (κ2) is 5.14. The molecule has 0 aliphatic heterocycles. The van der Waals surface area contributed by atoms with Crippen LogP contribution in [0.2, 0.25) is 0 Å². The van der Waals surface area contributed by atoms with Gasteiger partial charge in [-0.3, -0.25) is 0 Å². The quantitative estimate of drug-likeness (QED) is 0.692. The summed E-state index contributed by atoms with van der Waals surface area (Å²) in [6, 6.07) is 8.64. The maximum absolute atomic E-state index is 13.6. The Labute approximate surface area is 112 Å². The lowest BCUT2D eigenvalue weighted by atomic mass is 10.0. The van der Waals surface area contributed by atoms with E-state index in [-0.39, 0.29) is 5.56 Å². The summed E-state index contributed by atoms with van der Waals surface area (Å²) in [5.74, 6) is -2.70. The van der Waals surface area contributed by atoms with E-state index in [4.69, 9.17) is 0 Å². The summed E-state index contributed by atoms with van der Waals surface area (Å²) in [6.45, 7) is 1.89. The van der Waals surface area contributed by atoms with Gasteiger partial charge in [0.1, 0.15) is 17.5 Å². The molecule has 0 N–H and O–H groups in total. The molecule has 2 rings (SSSR count). The third-order valence-electron chi connectivity index (χ3n) is 2.63. The molecule has 0 heterocycles. The van der Waals surface area contributed by atoms with Crippen molar-refractivity contribution >= 4 is 15.9 Å². The molecular weight excluding hydrogens is 305 g/mol. The molecule has 0 radical (unpaired) electrons. The number of halogens is 4. The van der Waals surface area contributed by atoms with Crippen molar-refractivity contribution < 1.29 is 13.2 Å². The van der Waals surface area contributed by atoms with E-state index in [1.54, 1.807) is 12.1 Å². The minimum absolute atomic E-state index is 0.179. The highest BCUT2D eigenvalue weighted by atomic mass is 79.9. The highest BCUT2D eigenvalue weighted by Crippen LogP contribution is 2.34. The lowest BCUT2D eigenvalue weighted by Gasteiger charge is -2.13. The zero-order valence-corrected chi connectivity index (χ0v) is 11.1. The van der Waals surface area contributed by atoms with Gasteiger partial charge in [-0.05, 0) is 12.5 Å². The summed E-state index contributed by atoms with van der Waals surface area (Å²) in [7, 11) is 0. The average Bonchev–Trinajstić information content (AvgIpc) is 2.27. The molecule has 2 aromatic rings. The molecule has 2 aromatic carbocycles. The Morgan fingerprint density at radius 1 is 1.00 bits per heavy atom. The molecule has 94 valence electrons. The number of hydrogen-bond donors (Lipinski definition) is 0. The molecule has 0 aromatic heterocycles. The maximum Gasteiger partial charge on any atom is 0.133 e. The minimum Gasteiger partial charge on any atom is -0.207 e. The lowest BCUT2D eigenvalue weighted by molar-refractivity contribution is 0.527. The molecule has 1 atom stereocenters. The van der Waals surface area contributed by atoms with E-state index in [1.165, 1.54) is 0 Å². The van der Waals surface area contributed by atoms with Gasteiger partial charge in [0.05, 0.1) is 4.83 Å². The standard InChI is InChI=1S/C14H10BrF3/c1-8-3-2-4-9(5-8)14(15)13-11(17)6-10(16)7-12(13)18/h2-7,14H,1H3. The van der Waals surface area contributed by atoms with Crippen LogP contribution in [0.5, 0.6) is 0 Å². The fraction of sp³-hybridized carbons (Fsp3) is 0.143. The second-order valence-corrected chi connectivity index (χ2v) is 4.98. The lowest BCUT2D eigenvalue weighted by Crippen LogP contribution is -2.02. The largest absolute Gasteiger partial charge is 0.207 e.